The van der Waals surface area contributed by atoms with Crippen molar-refractivity contribution in [3.63, 3.8) is 0 Å². The summed E-state index contributed by atoms with van der Waals surface area (Å²) in [6, 6.07) is 12.2. The Kier molecular flexibility index (Phi) is 3.58. The molecule has 0 unspecified atom stereocenters. The summed E-state index contributed by atoms with van der Waals surface area (Å²) in [6.45, 7) is 0.523. The molecule has 0 spiro atoms. The third kappa shape index (κ3) is 2.97. The van der Waals surface area contributed by atoms with Crippen molar-refractivity contribution in [2.75, 3.05) is 0 Å². The van der Waals surface area contributed by atoms with Crippen LogP contribution in [0.5, 0.6) is 5.88 Å². The van der Waals surface area contributed by atoms with Gasteiger partial charge in [-0.15, -0.1) is 5.10 Å². The molecule has 0 saturated heterocycles. The summed E-state index contributed by atoms with van der Waals surface area (Å²) in [5, 5.41) is 4.50. The minimum Gasteiger partial charge on any atom is -0.471 e. The van der Waals surface area contributed by atoms with Crippen LogP contribution in [0.25, 0.3) is 11.1 Å². The van der Waals surface area contributed by atoms with Crippen molar-refractivity contribution in [2.45, 2.75) is 25.4 Å². The Bertz CT molecular complexity index is 806. The SMILES string of the molecule is Cn1cc(-c2ccncc2C2CC2)c(OCc2ccccc2)n1. The van der Waals surface area contributed by atoms with Crippen molar-refractivity contribution in [3.8, 4) is 17.0 Å². The maximum absolute atomic E-state index is 6.00. The lowest BCUT2D eigenvalue weighted by molar-refractivity contribution is 0.292. The Morgan fingerprint density at radius 3 is 2.74 bits per heavy atom. The number of aromatic nitrogens is 3. The second kappa shape index (κ2) is 5.88. The first kappa shape index (κ1) is 14.0. The highest BCUT2D eigenvalue weighted by molar-refractivity contribution is 5.71. The molecule has 4 rings (SSSR count). The lowest BCUT2D eigenvalue weighted by Gasteiger charge is -2.09. The van der Waals surface area contributed by atoms with Gasteiger partial charge >= 0.3 is 0 Å². The van der Waals surface area contributed by atoms with Crippen LogP contribution in [0, 0.1) is 0 Å². The van der Waals surface area contributed by atoms with E-state index in [0.29, 0.717) is 18.4 Å². The highest BCUT2D eigenvalue weighted by atomic mass is 16.5. The van der Waals surface area contributed by atoms with E-state index in [-0.39, 0.29) is 0 Å². The summed E-state index contributed by atoms with van der Waals surface area (Å²) >= 11 is 0. The quantitative estimate of drug-likeness (QED) is 0.717. The van der Waals surface area contributed by atoms with Crippen molar-refractivity contribution >= 4 is 0 Å². The molecule has 0 aliphatic heterocycles. The van der Waals surface area contributed by atoms with E-state index < -0.39 is 0 Å². The van der Waals surface area contributed by atoms with Crippen LogP contribution in [-0.2, 0) is 13.7 Å². The molecule has 0 radical (unpaired) electrons. The molecule has 0 atom stereocenters. The van der Waals surface area contributed by atoms with Gasteiger partial charge in [-0.2, -0.15) is 0 Å². The Hall–Kier alpha value is -2.62. The normalized spacial score (nSPS) is 14.0. The Morgan fingerprint density at radius 1 is 1.13 bits per heavy atom. The topological polar surface area (TPSA) is 39.9 Å². The first-order chi connectivity index (χ1) is 11.3. The van der Waals surface area contributed by atoms with Crippen molar-refractivity contribution in [2.24, 2.45) is 7.05 Å². The minimum absolute atomic E-state index is 0.523. The Balaban J connectivity index is 1.65. The molecule has 1 fully saturated rings. The molecule has 116 valence electrons. The van der Waals surface area contributed by atoms with Gasteiger partial charge in [0.05, 0.1) is 5.56 Å². The van der Waals surface area contributed by atoms with Crippen LogP contribution in [0.1, 0.15) is 29.9 Å². The highest BCUT2D eigenvalue weighted by Gasteiger charge is 2.28. The maximum Gasteiger partial charge on any atom is 0.241 e. The van der Waals surface area contributed by atoms with Crippen molar-refractivity contribution in [3.05, 3.63) is 66.1 Å². The van der Waals surface area contributed by atoms with E-state index in [4.69, 9.17) is 4.74 Å². The first-order valence-electron chi connectivity index (χ1n) is 7.96. The fourth-order valence-corrected chi connectivity index (χ4v) is 2.86. The van der Waals surface area contributed by atoms with Gasteiger partial charge in [0.2, 0.25) is 5.88 Å². The molecule has 4 nitrogen and oxygen atoms in total. The first-order valence-corrected chi connectivity index (χ1v) is 7.96. The predicted molar refractivity (Wildman–Crippen MR) is 89.2 cm³/mol. The molecule has 0 N–H and O–H groups in total. The zero-order valence-corrected chi connectivity index (χ0v) is 13.1. The van der Waals surface area contributed by atoms with Crippen molar-refractivity contribution in [1.29, 1.82) is 0 Å². The van der Waals surface area contributed by atoms with E-state index in [0.717, 1.165) is 11.1 Å². The average Bonchev–Trinajstić information content (AvgIpc) is 3.37. The summed E-state index contributed by atoms with van der Waals surface area (Å²) in [6.07, 6.45) is 8.36. The Labute approximate surface area is 135 Å². The summed E-state index contributed by atoms with van der Waals surface area (Å²) in [7, 11) is 1.93. The van der Waals surface area contributed by atoms with Gasteiger partial charge < -0.3 is 4.74 Å². The van der Waals surface area contributed by atoms with Gasteiger partial charge in [0.1, 0.15) is 6.61 Å². The molecule has 0 amide bonds. The Morgan fingerprint density at radius 2 is 1.96 bits per heavy atom. The molecule has 2 aromatic heterocycles. The average molecular weight is 305 g/mol. The standard InChI is InChI=1S/C19H19N3O/c1-22-12-18(16-9-10-20-11-17(16)15-7-8-15)19(21-22)23-13-14-5-3-2-4-6-14/h2-6,9-12,15H,7-8,13H2,1H3. The number of nitrogens with zero attached hydrogens (tertiary/aromatic N) is 3. The van der Waals surface area contributed by atoms with E-state index in [2.05, 4.69) is 28.3 Å². The molecule has 1 saturated carbocycles. The number of benzene rings is 1. The highest BCUT2D eigenvalue weighted by Crippen LogP contribution is 2.45. The third-order valence-electron chi connectivity index (χ3n) is 4.17. The van der Waals surface area contributed by atoms with E-state index >= 15 is 0 Å². The molecule has 4 heteroatoms. The number of pyridine rings is 1. The largest absolute Gasteiger partial charge is 0.471 e. The molecule has 1 aliphatic rings. The van der Waals surface area contributed by atoms with Crippen LogP contribution in [0.3, 0.4) is 0 Å². The number of aryl methyl sites for hydroxylation is 1. The molecule has 3 aromatic rings. The van der Waals surface area contributed by atoms with Gasteiger partial charge in [0, 0.05) is 25.6 Å². The molecule has 2 heterocycles. The van der Waals surface area contributed by atoms with Gasteiger partial charge in [-0.05, 0) is 41.5 Å². The number of ether oxygens (including phenoxy) is 1. The van der Waals surface area contributed by atoms with Gasteiger partial charge in [-0.1, -0.05) is 30.3 Å². The van der Waals surface area contributed by atoms with Crippen LogP contribution >= 0.6 is 0 Å². The number of rotatable bonds is 5. The third-order valence-corrected chi connectivity index (χ3v) is 4.17. The summed E-state index contributed by atoms with van der Waals surface area (Å²) in [5.74, 6) is 1.32. The second-order valence-corrected chi connectivity index (χ2v) is 6.03. The van der Waals surface area contributed by atoms with E-state index in [1.54, 1.807) is 0 Å². The molecular weight excluding hydrogens is 286 g/mol. The molecule has 1 aromatic carbocycles. The predicted octanol–water partition coefficient (Wildman–Crippen LogP) is 3.94. The number of hydrogen-bond donors (Lipinski definition) is 0. The monoisotopic (exact) mass is 305 g/mol. The molecule has 23 heavy (non-hydrogen) atoms. The molecular formula is C19H19N3O. The lowest BCUT2D eigenvalue weighted by atomic mass is 10.0. The van der Waals surface area contributed by atoms with Gasteiger partial charge in [-0.25, -0.2) is 0 Å². The summed E-state index contributed by atoms with van der Waals surface area (Å²) in [5.41, 5.74) is 4.69. The molecule has 1 aliphatic carbocycles. The van der Waals surface area contributed by atoms with Gasteiger partial charge in [0.15, 0.2) is 0 Å². The second-order valence-electron chi connectivity index (χ2n) is 6.03. The van der Waals surface area contributed by atoms with E-state index in [1.807, 2.05) is 48.5 Å². The van der Waals surface area contributed by atoms with Crippen LogP contribution in [-0.4, -0.2) is 14.8 Å². The smallest absolute Gasteiger partial charge is 0.241 e. The fourth-order valence-electron chi connectivity index (χ4n) is 2.86. The van der Waals surface area contributed by atoms with E-state index in [9.17, 15) is 0 Å². The van der Waals surface area contributed by atoms with Crippen molar-refractivity contribution < 1.29 is 4.74 Å². The number of hydrogen-bond acceptors (Lipinski definition) is 3. The zero-order chi connectivity index (χ0) is 15.6. The van der Waals surface area contributed by atoms with Crippen molar-refractivity contribution in [1.82, 2.24) is 14.8 Å². The summed E-state index contributed by atoms with van der Waals surface area (Å²) in [4.78, 5) is 4.29. The van der Waals surface area contributed by atoms with Gasteiger partial charge in [-0.3, -0.25) is 9.67 Å². The maximum atomic E-state index is 6.00. The van der Waals surface area contributed by atoms with E-state index in [1.165, 1.54) is 24.0 Å². The molecule has 0 bridgehead atoms. The lowest BCUT2D eigenvalue weighted by Crippen LogP contribution is -1.98. The van der Waals surface area contributed by atoms with Gasteiger partial charge in [0.25, 0.3) is 0 Å². The van der Waals surface area contributed by atoms with Crippen LogP contribution in [0.2, 0.25) is 0 Å². The van der Waals surface area contributed by atoms with Crippen LogP contribution in [0.4, 0.5) is 0 Å². The van der Waals surface area contributed by atoms with Crippen LogP contribution < -0.4 is 4.74 Å². The van der Waals surface area contributed by atoms with Crippen LogP contribution in [0.15, 0.2) is 55.0 Å². The zero-order valence-electron chi connectivity index (χ0n) is 13.1. The minimum atomic E-state index is 0.523. The fraction of sp³-hybridized carbons (Fsp3) is 0.263. The summed E-state index contributed by atoms with van der Waals surface area (Å²) < 4.78 is 7.81.